The molecule has 0 heterocycles. The van der Waals surface area contributed by atoms with Crippen LogP contribution in [0.4, 0.5) is 4.39 Å². The van der Waals surface area contributed by atoms with Crippen LogP contribution >= 0.6 is 15.9 Å². The van der Waals surface area contributed by atoms with Crippen LogP contribution in [-0.2, 0) is 11.3 Å². The van der Waals surface area contributed by atoms with E-state index in [-0.39, 0.29) is 5.82 Å². The third-order valence-corrected chi connectivity index (χ3v) is 3.38. The Morgan fingerprint density at radius 2 is 2.11 bits per heavy atom. The molecule has 0 saturated heterocycles. The molecule has 0 N–H and O–H groups in total. The van der Waals surface area contributed by atoms with Crippen molar-refractivity contribution < 1.29 is 9.13 Å². The Balaban J connectivity index is 2.68. The zero-order valence-corrected chi connectivity index (χ0v) is 12.8. The maximum Gasteiger partial charge on any atom is 0.124 e. The molecule has 0 aliphatic rings. The van der Waals surface area contributed by atoms with Gasteiger partial charge in [-0.05, 0) is 23.6 Å². The van der Waals surface area contributed by atoms with Gasteiger partial charge in [0.2, 0.25) is 0 Å². The zero-order valence-electron chi connectivity index (χ0n) is 11.2. The minimum absolute atomic E-state index is 0.210. The second-order valence-electron chi connectivity index (χ2n) is 4.86. The fourth-order valence-electron chi connectivity index (χ4n) is 1.86. The highest BCUT2D eigenvalue weighted by molar-refractivity contribution is 9.10. The summed E-state index contributed by atoms with van der Waals surface area (Å²) in [6.45, 7) is 7.80. The molecular formula is C14H21BrFNO. The predicted octanol–water partition coefficient (Wildman–Crippen LogP) is 3.69. The fourth-order valence-corrected chi connectivity index (χ4v) is 2.34. The van der Waals surface area contributed by atoms with Gasteiger partial charge in [-0.25, -0.2) is 4.39 Å². The molecule has 2 nitrogen and oxygen atoms in total. The lowest BCUT2D eigenvalue weighted by molar-refractivity contribution is 0.136. The second kappa shape index (κ2) is 7.87. The molecule has 4 heteroatoms. The maximum atomic E-state index is 13.0. The van der Waals surface area contributed by atoms with Gasteiger partial charge in [0, 0.05) is 31.2 Å². The second-order valence-corrected chi connectivity index (χ2v) is 5.71. The van der Waals surface area contributed by atoms with E-state index in [1.165, 1.54) is 12.1 Å². The van der Waals surface area contributed by atoms with Crippen molar-refractivity contribution in [1.29, 1.82) is 0 Å². The number of rotatable bonds is 7. The Labute approximate surface area is 117 Å². The number of halogens is 2. The van der Waals surface area contributed by atoms with Crippen molar-refractivity contribution in [2.75, 3.05) is 26.8 Å². The Hall–Kier alpha value is -0.450. The number of ether oxygens (including phenoxy) is 1. The molecule has 0 aliphatic heterocycles. The third-order valence-electron chi connectivity index (χ3n) is 2.64. The zero-order chi connectivity index (χ0) is 13.5. The molecule has 18 heavy (non-hydrogen) atoms. The number of nitrogens with zero attached hydrogens (tertiary/aromatic N) is 1. The molecule has 0 bridgehead atoms. The predicted molar refractivity (Wildman–Crippen MR) is 76.1 cm³/mol. The molecule has 0 saturated carbocycles. The molecule has 1 rings (SSSR count). The van der Waals surface area contributed by atoms with Crippen LogP contribution in [-0.4, -0.2) is 31.7 Å². The summed E-state index contributed by atoms with van der Waals surface area (Å²) in [6, 6.07) is 4.85. The van der Waals surface area contributed by atoms with Gasteiger partial charge in [0.05, 0.1) is 6.61 Å². The van der Waals surface area contributed by atoms with Crippen molar-refractivity contribution in [2.24, 2.45) is 5.92 Å². The Morgan fingerprint density at radius 1 is 1.39 bits per heavy atom. The molecule has 0 radical (unpaired) electrons. The first-order chi connectivity index (χ1) is 8.52. The maximum absolute atomic E-state index is 13.0. The van der Waals surface area contributed by atoms with Crippen LogP contribution in [0.2, 0.25) is 0 Å². The van der Waals surface area contributed by atoms with E-state index in [0.29, 0.717) is 12.5 Å². The van der Waals surface area contributed by atoms with Crippen molar-refractivity contribution >= 4 is 15.9 Å². The van der Waals surface area contributed by atoms with Gasteiger partial charge in [0.1, 0.15) is 5.82 Å². The van der Waals surface area contributed by atoms with Gasteiger partial charge in [0.25, 0.3) is 0 Å². The molecule has 0 aliphatic carbocycles. The molecule has 0 fully saturated rings. The van der Waals surface area contributed by atoms with Crippen LogP contribution in [0.3, 0.4) is 0 Å². The summed E-state index contributed by atoms with van der Waals surface area (Å²) in [6.07, 6.45) is 0. The molecule has 0 amide bonds. The lowest BCUT2D eigenvalue weighted by Gasteiger charge is -2.24. The summed E-state index contributed by atoms with van der Waals surface area (Å²) < 4.78 is 19.0. The Kier molecular flexibility index (Phi) is 6.82. The molecule has 0 atom stereocenters. The summed E-state index contributed by atoms with van der Waals surface area (Å²) in [5.41, 5.74) is 1.10. The van der Waals surface area contributed by atoms with Gasteiger partial charge < -0.3 is 4.74 Å². The highest BCUT2D eigenvalue weighted by Gasteiger charge is 2.10. The van der Waals surface area contributed by atoms with Crippen molar-refractivity contribution in [3.63, 3.8) is 0 Å². The highest BCUT2D eigenvalue weighted by atomic mass is 79.9. The minimum atomic E-state index is -0.210. The van der Waals surface area contributed by atoms with Crippen LogP contribution < -0.4 is 0 Å². The monoisotopic (exact) mass is 317 g/mol. The molecule has 0 aromatic heterocycles. The van der Waals surface area contributed by atoms with E-state index < -0.39 is 0 Å². The average molecular weight is 318 g/mol. The van der Waals surface area contributed by atoms with Crippen molar-refractivity contribution in [3.8, 4) is 0 Å². The molecule has 0 unspecified atom stereocenters. The largest absolute Gasteiger partial charge is 0.383 e. The van der Waals surface area contributed by atoms with Crippen LogP contribution in [0, 0.1) is 11.7 Å². The summed E-state index contributed by atoms with van der Waals surface area (Å²) in [7, 11) is 1.71. The number of hydrogen-bond donors (Lipinski definition) is 0. The summed E-state index contributed by atoms with van der Waals surface area (Å²) >= 11 is 3.41. The highest BCUT2D eigenvalue weighted by Crippen LogP contribution is 2.20. The van der Waals surface area contributed by atoms with E-state index in [4.69, 9.17) is 4.74 Å². The quantitative estimate of drug-likeness (QED) is 0.760. The topological polar surface area (TPSA) is 12.5 Å². The molecular weight excluding hydrogens is 297 g/mol. The van der Waals surface area contributed by atoms with Gasteiger partial charge in [-0.2, -0.15) is 0 Å². The first-order valence-corrected chi connectivity index (χ1v) is 6.97. The van der Waals surface area contributed by atoms with Crippen LogP contribution in [0.25, 0.3) is 0 Å². The number of hydrogen-bond acceptors (Lipinski definition) is 2. The first-order valence-electron chi connectivity index (χ1n) is 6.18. The van der Waals surface area contributed by atoms with Crippen LogP contribution in [0.5, 0.6) is 0 Å². The summed E-state index contributed by atoms with van der Waals surface area (Å²) in [5.74, 6) is 0.388. The smallest absolute Gasteiger partial charge is 0.124 e. The van der Waals surface area contributed by atoms with E-state index in [0.717, 1.165) is 29.7 Å². The third kappa shape index (κ3) is 5.46. The fraction of sp³-hybridized carbons (Fsp3) is 0.571. The van der Waals surface area contributed by atoms with Crippen molar-refractivity contribution in [2.45, 2.75) is 20.4 Å². The summed E-state index contributed by atoms with van der Waals surface area (Å²) in [5, 5.41) is 0. The van der Waals surface area contributed by atoms with E-state index >= 15 is 0 Å². The van der Waals surface area contributed by atoms with Gasteiger partial charge in [-0.3, -0.25) is 4.90 Å². The summed E-state index contributed by atoms with van der Waals surface area (Å²) in [4.78, 5) is 2.33. The lowest BCUT2D eigenvalue weighted by atomic mass is 10.1. The van der Waals surface area contributed by atoms with Crippen molar-refractivity contribution in [3.05, 3.63) is 34.1 Å². The Morgan fingerprint density at radius 3 is 2.67 bits per heavy atom. The molecule has 1 aromatic rings. The minimum Gasteiger partial charge on any atom is -0.383 e. The molecule has 102 valence electrons. The van der Waals surface area contributed by atoms with Gasteiger partial charge in [-0.15, -0.1) is 0 Å². The van der Waals surface area contributed by atoms with E-state index in [2.05, 4.69) is 34.7 Å². The van der Waals surface area contributed by atoms with E-state index in [1.807, 2.05) is 6.07 Å². The SMILES string of the molecule is COCCN(Cc1ccc(F)cc1Br)CC(C)C. The average Bonchev–Trinajstić information content (AvgIpc) is 2.29. The van der Waals surface area contributed by atoms with Gasteiger partial charge in [0.15, 0.2) is 0 Å². The number of benzene rings is 1. The first kappa shape index (κ1) is 15.6. The Bertz CT molecular complexity index is 371. The lowest BCUT2D eigenvalue weighted by Crippen LogP contribution is -2.30. The van der Waals surface area contributed by atoms with Crippen molar-refractivity contribution in [1.82, 2.24) is 4.90 Å². The van der Waals surface area contributed by atoms with Crippen LogP contribution in [0.1, 0.15) is 19.4 Å². The van der Waals surface area contributed by atoms with Gasteiger partial charge >= 0.3 is 0 Å². The standard InChI is InChI=1S/C14H21BrFNO/c1-11(2)9-17(6-7-18-3)10-12-4-5-13(16)8-14(12)15/h4-5,8,11H,6-7,9-10H2,1-3H3. The van der Waals surface area contributed by atoms with Gasteiger partial charge in [-0.1, -0.05) is 35.8 Å². The number of methoxy groups -OCH3 is 1. The molecule has 0 spiro atoms. The van der Waals surface area contributed by atoms with Crippen LogP contribution in [0.15, 0.2) is 22.7 Å². The van der Waals surface area contributed by atoms with E-state index in [1.54, 1.807) is 7.11 Å². The molecule has 1 aromatic carbocycles. The van der Waals surface area contributed by atoms with E-state index in [9.17, 15) is 4.39 Å². The normalized spacial score (nSPS) is 11.5.